The monoisotopic (exact) mass is 490 g/mol. The maximum atomic E-state index is 13.0. The summed E-state index contributed by atoms with van der Waals surface area (Å²) in [5.41, 5.74) is -0.113. The summed E-state index contributed by atoms with van der Waals surface area (Å²) in [4.78, 5) is 25.1. The molecule has 4 N–H and O–H groups in total. The predicted molar refractivity (Wildman–Crippen MR) is 128 cm³/mol. The van der Waals surface area contributed by atoms with Crippen molar-refractivity contribution in [1.82, 2.24) is 10.6 Å². The van der Waals surface area contributed by atoms with Gasteiger partial charge in [0, 0.05) is 24.9 Å². The van der Waals surface area contributed by atoms with E-state index in [2.05, 4.69) is 17.6 Å². The molecule has 1 aromatic rings. The molecule has 0 bridgehead atoms. The summed E-state index contributed by atoms with van der Waals surface area (Å²) >= 11 is 0. The van der Waals surface area contributed by atoms with Gasteiger partial charge in [0.15, 0.2) is 11.5 Å². The van der Waals surface area contributed by atoms with Crippen LogP contribution >= 0.6 is 0 Å². The van der Waals surface area contributed by atoms with E-state index in [1.807, 2.05) is 32.0 Å². The Morgan fingerprint density at radius 1 is 1.14 bits per heavy atom. The average molecular weight is 491 g/mol. The molecule has 194 valence electrons. The summed E-state index contributed by atoms with van der Waals surface area (Å²) in [5.74, 6) is 0.991. The molecule has 9 heteroatoms. The molecule has 4 rings (SSSR count). The minimum Gasteiger partial charge on any atom is -0.454 e. The van der Waals surface area contributed by atoms with Gasteiger partial charge in [0.05, 0.1) is 12.7 Å². The van der Waals surface area contributed by atoms with Crippen molar-refractivity contribution in [2.45, 2.75) is 71.6 Å². The van der Waals surface area contributed by atoms with Crippen LogP contribution in [0.3, 0.4) is 0 Å². The first-order chi connectivity index (χ1) is 16.7. The molecule has 35 heavy (non-hydrogen) atoms. The fourth-order valence-corrected chi connectivity index (χ4v) is 6.62. The number of aliphatic hydroxyl groups is 2. The van der Waals surface area contributed by atoms with Gasteiger partial charge in [-0.1, -0.05) is 19.9 Å². The zero-order valence-electron chi connectivity index (χ0n) is 20.8. The van der Waals surface area contributed by atoms with Crippen LogP contribution in [0.25, 0.3) is 0 Å². The van der Waals surface area contributed by atoms with Crippen LogP contribution < -0.4 is 20.1 Å². The third-order valence-electron chi connectivity index (χ3n) is 8.58. The second kappa shape index (κ2) is 10.2. The van der Waals surface area contributed by atoms with Crippen molar-refractivity contribution >= 4 is 12.0 Å². The van der Waals surface area contributed by atoms with E-state index in [4.69, 9.17) is 14.2 Å². The highest BCUT2D eigenvalue weighted by atomic mass is 16.7. The standard InChI is InChI=1S/C26H38N2O7/c1-4-27-24(32)35-22-9-10-25(2)17(18(30)6-8-21(25)26(22,3)14-29)12-23(31)28-13-16-5-7-19-20(11-16)34-15-33-19/h5,7,11,17-18,21-22,29-30H,4,6,8-10,12-15H2,1-3H3,(H,27,32)(H,28,31)/t17-,18-,21+,22-,25+,26+/m1/s1. The summed E-state index contributed by atoms with van der Waals surface area (Å²) in [6.07, 6.45) is 1.23. The van der Waals surface area contributed by atoms with Crippen LogP contribution in [-0.2, 0) is 16.1 Å². The van der Waals surface area contributed by atoms with Crippen LogP contribution in [0.4, 0.5) is 4.79 Å². The topological polar surface area (TPSA) is 126 Å². The van der Waals surface area contributed by atoms with Crippen molar-refractivity contribution in [3.05, 3.63) is 23.8 Å². The van der Waals surface area contributed by atoms with Crippen LogP contribution in [-0.4, -0.2) is 54.4 Å². The van der Waals surface area contributed by atoms with Gasteiger partial charge in [-0.3, -0.25) is 4.79 Å². The highest BCUT2D eigenvalue weighted by Gasteiger charge is 2.60. The normalized spacial score (nSPS) is 33.5. The van der Waals surface area contributed by atoms with Gasteiger partial charge >= 0.3 is 6.09 Å². The molecule has 0 aromatic heterocycles. The number of hydrogen-bond donors (Lipinski definition) is 4. The number of fused-ring (bicyclic) bond motifs is 2. The van der Waals surface area contributed by atoms with Crippen LogP contribution in [0, 0.1) is 22.7 Å². The predicted octanol–water partition coefficient (Wildman–Crippen LogP) is 2.72. The van der Waals surface area contributed by atoms with E-state index in [0.717, 1.165) is 5.56 Å². The summed E-state index contributed by atoms with van der Waals surface area (Å²) in [7, 11) is 0. The van der Waals surface area contributed by atoms with Gasteiger partial charge in [-0.05, 0) is 67.6 Å². The summed E-state index contributed by atoms with van der Waals surface area (Å²) in [5, 5.41) is 27.1. The van der Waals surface area contributed by atoms with Crippen LogP contribution in [0.5, 0.6) is 11.5 Å². The first kappa shape index (κ1) is 25.6. The highest BCUT2D eigenvalue weighted by molar-refractivity contribution is 5.76. The van der Waals surface area contributed by atoms with Crippen LogP contribution in [0.2, 0.25) is 0 Å². The van der Waals surface area contributed by atoms with Crippen molar-refractivity contribution in [3.63, 3.8) is 0 Å². The number of aliphatic hydroxyl groups excluding tert-OH is 2. The summed E-state index contributed by atoms with van der Waals surface area (Å²) in [6.45, 7) is 6.81. The lowest BCUT2D eigenvalue weighted by Gasteiger charge is -2.60. The molecule has 1 aromatic carbocycles. The lowest BCUT2D eigenvalue weighted by Crippen LogP contribution is -2.61. The third kappa shape index (κ3) is 4.93. The van der Waals surface area contributed by atoms with Gasteiger partial charge in [0.2, 0.25) is 12.7 Å². The highest BCUT2D eigenvalue weighted by Crippen LogP contribution is 2.61. The molecule has 2 fully saturated rings. The van der Waals surface area contributed by atoms with E-state index in [0.29, 0.717) is 50.3 Å². The minimum atomic E-state index is -0.653. The van der Waals surface area contributed by atoms with Gasteiger partial charge in [-0.15, -0.1) is 0 Å². The average Bonchev–Trinajstić information content (AvgIpc) is 3.30. The Bertz CT molecular complexity index is 940. The van der Waals surface area contributed by atoms with Crippen molar-refractivity contribution < 1.29 is 34.0 Å². The zero-order chi connectivity index (χ0) is 25.2. The van der Waals surface area contributed by atoms with E-state index in [9.17, 15) is 19.8 Å². The van der Waals surface area contributed by atoms with Crippen LogP contribution in [0.1, 0.15) is 58.4 Å². The minimum absolute atomic E-state index is 0.00300. The first-order valence-electron chi connectivity index (χ1n) is 12.6. The Labute approximate surface area is 206 Å². The van der Waals surface area contributed by atoms with E-state index < -0.39 is 23.7 Å². The number of amides is 2. The fraction of sp³-hybridized carbons (Fsp3) is 0.692. The molecule has 2 aliphatic carbocycles. The van der Waals surface area contributed by atoms with Crippen LogP contribution in [0.15, 0.2) is 18.2 Å². The van der Waals surface area contributed by atoms with E-state index in [-0.39, 0.29) is 43.0 Å². The van der Waals surface area contributed by atoms with E-state index in [1.165, 1.54) is 0 Å². The number of benzene rings is 1. The first-order valence-corrected chi connectivity index (χ1v) is 12.6. The molecule has 1 aliphatic heterocycles. The molecular formula is C26H38N2O7. The third-order valence-corrected chi connectivity index (χ3v) is 8.58. The van der Waals surface area contributed by atoms with Gasteiger partial charge in [-0.25, -0.2) is 4.79 Å². The zero-order valence-corrected chi connectivity index (χ0v) is 20.8. The number of carbonyl (C=O) groups is 2. The van der Waals surface area contributed by atoms with E-state index in [1.54, 1.807) is 0 Å². The number of hydrogen-bond acceptors (Lipinski definition) is 7. The Hall–Kier alpha value is -2.52. The Morgan fingerprint density at radius 2 is 1.91 bits per heavy atom. The maximum Gasteiger partial charge on any atom is 0.407 e. The van der Waals surface area contributed by atoms with Crippen molar-refractivity contribution in [2.75, 3.05) is 19.9 Å². The second-order valence-electron chi connectivity index (χ2n) is 10.6. The summed E-state index contributed by atoms with van der Waals surface area (Å²) in [6, 6.07) is 5.58. The quantitative estimate of drug-likeness (QED) is 0.463. The smallest absolute Gasteiger partial charge is 0.407 e. The molecule has 2 amide bonds. The maximum absolute atomic E-state index is 13.0. The molecule has 3 aliphatic rings. The molecule has 2 saturated carbocycles. The van der Waals surface area contributed by atoms with Crippen molar-refractivity contribution in [2.24, 2.45) is 22.7 Å². The molecule has 0 spiro atoms. The summed E-state index contributed by atoms with van der Waals surface area (Å²) < 4.78 is 16.5. The Balaban J connectivity index is 1.44. The number of nitrogens with one attached hydrogen (secondary N) is 2. The number of carbonyl (C=O) groups excluding carboxylic acids is 2. The lowest BCUT2D eigenvalue weighted by atomic mass is 9.46. The SMILES string of the molecule is CCNC(=O)O[C@@H]1CC[C@]2(C)[C@H](CC[C@@H](O)[C@H]2CC(=O)NCc2ccc3c(c2)OCO3)[C@]1(C)CO. The molecule has 9 nitrogen and oxygen atoms in total. The molecule has 0 saturated heterocycles. The number of rotatable bonds is 7. The van der Waals surface area contributed by atoms with Gasteiger partial charge in [-0.2, -0.15) is 0 Å². The van der Waals surface area contributed by atoms with Gasteiger partial charge < -0.3 is 35.1 Å². The van der Waals surface area contributed by atoms with Crippen molar-refractivity contribution in [3.8, 4) is 11.5 Å². The number of alkyl carbamates (subject to hydrolysis) is 1. The second-order valence-corrected chi connectivity index (χ2v) is 10.6. The lowest BCUT2D eigenvalue weighted by molar-refractivity contribution is -0.185. The van der Waals surface area contributed by atoms with Gasteiger partial charge in [0.25, 0.3) is 0 Å². The molecule has 6 atom stereocenters. The molecule has 0 radical (unpaired) electrons. The Morgan fingerprint density at radius 3 is 2.66 bits per heavy atom. The molecule has 0 unspecified atom stereocenters. The largest absolute Gasteiger partial charge is 0.454 e. The van der Waals surface area contributed by atoms with Gasteiger partial charge in [0.1, 0.15) is 6.10 Å². The fourth-order valence-electron chi connectivity index (χ4n) is 6.62. The van der Waals surface area contributed by atoms with E-state index >= 15 is 0 Å². The Kier molecular flexibility index (Phi) is 7.47. The molecular weight excluding hydrogens is 452 g/mol. The molecule has 1 heterocycles. The number of ether oxygens (including phenoxy) is 3. The van der Waals surface area contributed by atoms with Crippen molar-refractivity contribution in [1.29, 1.82) is 0 Å².